The summed E-state index contributed by atoms with van der Waals surface area (Å²) in [6.45, 7) is 6.25. The summed E-state index contributed by atoms with van der Waals surface area (Å²) in [7, 11) is -3.49. The van der Waals surface area contributed by atoms with Gasteiger partial charge in [0.15, 0.2) is 16.1 Å². The minimum Gasteiger partial charge on any atom is -0.459 e. The van der Waals surface area contributed by atoms with Gasteiger partial charge >= 0.3 is 5.97 Å². The van der Waals surface area contributed by atoms with Crippen molar-refractivity contribution in [2.45, 2.75) is 45.5 Å². The third-order valence-corrected chi connectivity index (χ3v) is 3.85. The first-order chi connectivity index (χ1) is 8.68. The molecule has 1 saturated heterocycles. The van der Waals surface area contributed by atoms with Crippen molar-refractivity contribution in [3.05, 3.63) is 0 Å². The number of carbonyl (C=O) groups is 1. The fraction of sp³-hybridized carbons (Fsp3) is 0.917. The third-order valence-electron chi connectivity index (χ3n) is 2.32. The lowest BCUT2D eigenvalue weighted by molar-refractivity contribution is -0.178. The van der Waals surface area contributed by atoms with Crippen LogP contribution in [0.1, 0.15) is 33.6 Å². The Bertz CT molecular complexity index is 389. The Kier molecular flexibility index (Phi) is 5.76. The number of hydrogen-bond acceptors (Lipinski definition) is 6. The molecule has 1 aliphatic rings. The zero-order valence-electron chi connectivity index (χ0n) is 11.7. The van der Waals surface area contributed by atoms with Crippen molar-refractivity contribution in [3.8, 4) is 0 Å². The highest BCUT2D eigenvalue weighted by Gasteiger charge is 2.24. The number of hydrogen-bond donors (Lipinski definition) is 0. The maximum atomic E-state index is 11.8. The molecule has 0 saturated carbocycles. The van der Waals surface area contributed by atoms with E-state index < -0.39 is 33.5 Å². The highest BCUT2D eigenvalue weighted by atomic mass is 32.2. The van der Waals surface area contributed by atoms with Crippen molar-refractivity contribution in [1.82, 2.24) is 0 Å². The van der Waals surface area contributed by atoms with Crippen LogP contribution in [0.3, 0.4) is 0 Å². The predicted octanol–water partition coefficient (Wildman–Crippen LogP) is 0.896. The molecule has 1 fully saturated rings. The molecule has 0 aliphatic carbocycles. The van der Waals surface area contributed by atoms with E-state index in [0.717, 1.165) is 6.42 Å². The van der Waals surface area contributed by atoms with Crippen LogP contribution in [-0.4, -0.2) is 51.0 Å². The van der Waals surface area contributed by atoms with Crippen LogP contribution in [0, 0.1) is 0 Å². The number of esters is 1. The lowest BCUT2D eigenvalue weighted by Gasteiger charge is -2.23. The molecule has 0 aromatic rings. The van der Waals surface area contributed by atoms with Gasteiger partial charge < -0.3 is 14.2 Å². The van der Waals surface area contributed by atoms with E-state index in [1.807, 2.05) is 0 Å². The Labute approximate surface area is 114 Å². The van der Waals surface area contributed by atoms with Gasteiger partial charge in [-0.05, 0) is 27.2 Å². The summed E-state index contributed by atoms with van der Waals surface area (Å²) in [5.74, 6) is -1.47. The zero-order chi connectivity index (χ0) is 14.5. The van der Waals surface area contributed by atoms with E-state index in [4.69, 9.17) is 14.2 Å². The van der Waals surface area contributed by atoms with Crippen molar-refractivity contribution in [1.29, 1.82) is 0 Å². The summed E-state index contributed by atoms with van der Waals surface area (Å²) in [6.07, 6.45) is 0.578. The molecule has 7 heteroatoms. The molecule has 6 nitrogen and oxygen atoms in total. The van der Waals surface area contributed by atoms with E-state index in [1.54, 1.807) is 20.8 Å². The molecule has 1 rings (SSSR count). The van der Waals surface area contributed by atoms with E-state index in [9.17, 15) is 13.2 Å². The van der Waals surface area contributed by atoms with Gasteiger partial charge in [0, 0.05) is 6.42 Å². The molecule has 0 radical (unpaired) electrons. The lowest BCUT2D eigenvalue weighted by Crippen LogP contribution is -2.31. The van der Waals surface area contributed by atoms with Gasteiger partial charge in [-0.15, -0.1) is 0 Å². The van der Waals surface area contributed by atoms with Crippen LogP contribution in [0.15, 0.2) is 0 Å². The Balaban J connectivity index is 2.36. The van der Waals surface area contributed by atoms with Gasteiger partial charge in [-0.1, -0.05) is 0 Å². The second-order valence-electron chi connectivity index (χ2n) is 5.49. The first kappa shape index (κ1) is 16.4. The van der Waals surface area contributed by atoms with Crippen LogP contribution >= 0.6 is 0 Å². The van der Waals surface area contributed by atoms with Gasteiger partial charge in [0.05, 0.1) is 19.0 Å². The largest absolute Gasteiger partial charge is 0.459 e. The third kappa shape index (κ3) is 7.49. The molecule has 1 heterocycles. The van der Waals surface area contributed by atoms with Gasteiger partial charge in [0.25, 0.3) is 0 Å². The molecule has 0 N–H and O–H groups in total. The van der Waals surface area contributed by atoms with Crippen LogP contribution in [-0.2, 0) is 28.8 Å². The lowest BCUT2D eigenvalue weighted by atomic mass is 10.2. The smallest absolute Gasteiger partial charge is 0.321 e. The fourth-order valence-corrected chi connectivity index (χ4v) is 2.72. The molecule has 0 unspecified atom stereocenters. The Morgan fingerprint density at radius 1 is 1.26 bits per heavy atom. The molecule has 0 bridgehead atoms. The van der Waals surface area contributed by atoms with E-state index in [1.165, 1.54) is 0 Å². The molecule has 0 aromatic carbocycles. The van der Waals surface area contributed by atoms with E-state index in [0.29, 0.717) is 13.2 Å². The van der Waals surface area contributed by atoms with Crippen LogP contribution in [0.5, 0.6) is 0 Å². The minimum absolute atomic E-state index is 0.142. The van der Waals surface area contributed by atoms with Gasteiger partial charge in [-0.2, -0.15) is 0 Å². The van der Waals surface area contributed by atoms with Crippen molar-refractivity contribution in [2.75, 3.05) is 24.7 Å². The summed E-state index contributed by atoms with van der Waals surface area (Å²) in [4.78, 5) is 11.5. The molecule has 1 aliphatic heterocycles. The van der Waals surface area contributed by atoms with Gasteiger partial charge in [0.1, 0.15) is 11.4 Å². The first-order valence-electron chi connectivity index (χ1n) is 6.33. The van der Waals surface area contributed by atoms with E-state index in [-0.39, 0.29) is 12.2 Å². The molecular formula is C12H22O6S. The van der Waals surface area contributed by atoms with Crippen molar-refractivity contribution < 1.29 is 27.4 Å². The molecule has 0 aromatic heterocycles. The highest BCUT2D eigenvalue weighted by Crippen LogP contribution is 2.12. The van der Waals surface area contributed by atoms with Gasteiger partial charge in [-0.3, -0.25) is 4.79 Å². The number of ether oxygens (including phenoxy) is 3. The summed E-state index contributed by atoms with van der Waals surface area (Å²) < 4.78 is 39.0. The Morgan fingerprint density at radius 2 is 1.84 bits per heavy atom. The van der Waals surface area contributed by atoms with Crippen molar-refractivity contribution >= 4 is 15.8 Å². The second-order valence-corrected chi connectivity index (χ2v) is 7.68. The minimum atomic E-state index is -3.49. The van der Waals surface area contributed by atoms with Gasteiger partial charge in [-0.25, -0.2) is 8.42 Å². The SMILES string of the molecule is CC(C)(C)OC(=O)CS(=O)(=O)CCC1OCCCO1. The normalized spacial score (nSPS) is 18.3. The van der Waals surface area contributed by atoms with E-state index in [2.05, 4.69) is 0 Å². The number of carbonyl (C=O) groups excluding carboxylic acids is 1. The summed E-state index contributed by atoms with van der Waals surface area (Å²) in [6, 6.07) is 0. The number of rotatable bonds is 5. The molecule has 0 atom stereocenters. The predicted molar refractivity (Wildman–Crippen MR) is 69.4 cm³/mol. The standard InChI is InChI=1S/C12H22O6S/c1-12(2,3)18-10(13)9-19(14,15)8-5-11-16-6-4-7-17-11/h11H,4-9H2,1-3H3. The van der Waals surface area contributed by atoms with Crippen LogP contribution in [0.25, 0.3) is 0 Å². The monoisotopic (exact) mass is 294 g/mol. The second kappa shape index (κ2) is 6.67. The summed E-state index contributed by atoms with van der Waals surface area (Å²) in [5, 5.41) is 0. The topological polar surface area (TPSA) is 78.9 Å². The van der Waals surface area contributed by atoms with Gasteiger partial charge in [0.2, 0.25) is 0 Å². The average molecular weight is 294 g/mol. The molecule has 0 amide bonds. The average Bonchev–Trinajstić information content (AvgIpc) is 2.24. The summed E-state index contributed by atoms with van der Waals surface area (Å²) >= 11 is 0. The molecule has 19 heavy (non-hydrogen) atoms. The fourth-order valence-electron chi connectivity index (χ4n) is 1.60. The maximum Gasteiger partial charge on any atom is 0.321 e. The van der Waals surface area contributed by atoms with Crippen molar-refractivity contribution in [2.24, 2.45) is 0 Å². The highest BCUT2D eigenvalue weighted by molar-refractivity contribution is 7.92. The van der Waals surface area contributed by atoms with Crippen LogP contribution in [0.2, 0.25) is 0 Å². The summed E-state index contributed by atoms with van der Waals surface area (Å²) in [5.41, 5.74) is -0.678. The Morgan fingerprint density at radius 3 is 2.37 bits per heavy atom. The molecule has 112 valence electrons. The Hall–Kier alpha value is -0.660. The maximum absolute atomic E-state index is 11.8. The number of sulfone groups is 1. The zero-order valence-corrected chi connectivity index (χ0v) is 12.5. The van der Waals surface area contributed by atoms with E-state index >= 15 is 0 Å². The first-order valence-corrected chi connectivity index (χ1v) is 8.15. The van der Waals surface area contributed by atoms with Crippen LogP contribution in [0.4, 0.5) is 0 Å². The molecular weight excluding hydrogens is 272 g/mol. The van der Waals surface area contributed by atoms with Crippen LogP contribution < -0.4 is 0 Å². The van der Waals surface area contributed by atoms with Crippen molar-refractivity contribution in [3.63, 3.8) is 0 Å². The molecule has 0 spiro atoms. The quantitative estimate of drug-likeness (QED) is 0.701.